The molecule has 1 aliphatic rings. The predicted octanol–water partition coefficient (Wildman–Crippen LogP) is 3.08. The maximum atomic E-state index is 12.4. The highest BCUT2D eigenvalue weighted by Gasteiger charge is 2.35. The van der Waals surface area contributed by atoms with Crippen LogP contribution in [0.1, 0.15) is 56.7 Å². The number of amides is 2. The largest absolute Gasteiger partial charge is 0.456 e. The van der Waals surface area contributed by atoms with E-state index in [4.69, 9.17) is 10.5 Å². The number of anilines is 1. The van der Waals surface area contributed by atoms with Crippen LogP contribution in [0, 0.1) is 0 Å². The minimum absolute atomic E-state index is 0.0734. The van der Waals surface area contributed by atoms with Crippen molar-refractivity contribution in [3.63, 3.8) is 0 Å². The maximum absolute atomic E-state index is 12.4. The van der Waals surface area contributed by atoms with Crippen molar-refractivity contribution < 1.29 is 19.1 Å². The molecular formula is C18H18N2O4S. The van der Waals surface area contributed by atoms with E-state index < -0.39 is 11.6 Å². The van der Waals surface area contributed by atoms with E-state index in [0.717, 1.165) is 4.90 Å². The van der Waals surface area contributed by atoms with Gasteiger partial charge in [-0.25, -0.2) is 4.79 Å². The summed E-state index contributed by atoms with van der Waals surface area (Å²) in [7, 11) is 0. The third-order valence-electron chi connectivity index (χ3n) is 3.62. The summed E-state index contributed by atoms with van der Waals surface area (Å²) in [5, 5.41) is 0.306. The van der Waals surface area contributed by atoms with E-state index in [1.807, 2.05) is 0 Å². The smallest absolute Gasteiger partial charge is 0.341 e. The first-order valence-electron chi connectivity index (χ1n) is 7.74. The van der Waals surface area contributed by atoms with E-state index in [-0.39, 0.29) is 23.9 Å². The second kappa shape index (κ2) is 6.00. The van der Waals surface area contributed by atoms with Crippen LogP contribution in [0.15, 0.2) is 30.3 Å². The molecule has 1 aliphatic heterocycles. The summed E-state index contributed by atoms with van der Waals surface area (Å²) in [6.45, 7) is 5.39. The molecule has 0 spiro atoms. The van der Waals surface area contributed by atoms with Crippen molar-refractivity contribution in [3.8, 4) is 0 Å². The number of nitrogens with zero attached hydrogens (tertiary/aromatic N) is 1. The Morgan fingerprint density at radius 2 is 1.72 bits per heavy atom. The van der Waals surface area contributed by atoms with E-state index in [2.05, 4.69) is 0 Å². The van der Waals surface area contributed by atoms with Crippen LogP contribution in [-0.4, -0.2) is 28.3 Å². The van der Waals surface area contributed by atoms with Gasteiger partial charge in [0.2, 0.25) is 0 Å². The Balaban J connectivity index is 1.82. The first-order valence-corrected chi connectivity index (χ1v) is 8.56. The maximum Gasteiger partial charge on any atom is 0.341 e. The van der Waals surface area contributed by atoms with Gasteiger partial charge in [-0.2, -0.15) is 0 Å². The van der Waals surface area contributed by atoms with Crippen molar-refractivity contribution in [2.24, 2.45) is 0 Å². The van der Waals surface area contributed by atoms with Crippen molar-refractivity contribution >= 4 is 34.1 Å². The molecule has 6 nitrogen and oxygen atoms in total. The Bertz CT molecular complexity index is 844. The van der Waals surface area contributed by atoms with Crippen molar-refractivity contribution in [2.75, 3.05) is 5.73 Å². The van der Waals surface area contributed by atoms with Gasteiger partial charge in [0.05, 0.1) is 23.2 Å². The van der Waals surface area contributed by atoms with Crippen molar-refractivity contribution in [1.29, 1.82) is 0 Å². The monoisotopic (exact) mass is 358 g/mol. The number of hydrogen-bond donors (Lipinski definition) is 1. The molecule has 0 saturated carbocycles. The van der Waals surface area contributed by atoms with Gasteiger partial charge in [-0.3, -0.25) is 14.5 Å². The zero-order chi connectivity index (χ0) is 18.4. The molecule has 130 valence electrons. The Hall–Kier alpha value is -2.67. The molecule has 3 rings (SSSR count). The normalized spacial score (nSPS) is 14.0. The number of esters is 1. The molecule has 0 unspecified atom stereocenters. The number of nitrogens with two attached hydrogens (primary N) is 1. The summed E-state index contributed by atoms with van der Waals surface area (Å²) in [5.74, 6) is -1.20. The van der Waals surface area contributed by atoms with Crippen LogP contribution in [-0.2, 0) is 11.3 Å². The molecule has 2 amide bonds. The molecule has 25 heavy (non-hydrogen) atoms. The van der Waals surface area contributed by atoms with Gasteiger partial charge < -0.3 is 10.5 Å². The molecule has 2 aromatic rings. The first kappa shape index (κ1) is 17.2. The van der Waals surface area contributed by atoms with Gasteiger partial charge >= 0.3 is 5.97 Å². The molecule has 0 fully saturated rings. The predicted molar refractivity (Wildman–Crippen MR) is 94.5 cm³/mol. The Labute approximate surface area is 149 Å². The van der Waals surface area contributed by atoms with Crippen LogP contribution >= 0.6 is 11.3 Å². The molecule has 7 heteroatoms. The number of nitrogen functional groups attached to an aromatic ring is 1. The van der Waals surface area contributed by atoms with Crippen LogP contribution < -0.4 is 5.73 Å². The average molecular weight is 358 g/mol. The summed E-state index contributed by atoms with van der Waals surface area (Å²) in [5.41, 5.74) is 6.33. The molecule has 0 bridgehead atoms. The van der Waals surface area contributed by atoms with Gasteiger partial charge in [0, 0.05) is 4.88 Å². The molecule has 0 radical (unpaired) electrons. The van der Waals surface area contributed by atoms with Crippen LogP contribution in [0.5, 0.6) is 0 Å². The van der Waals surface area contributed by atoms with Gasteiger partial charge in [-0.05, 0) is 39.0 Å². The number of imide groups is 1. The highest BCUT2D eigenvalue weighted by atomic mass is 32.1. The van der Waals surface area contributed by atoms with Crippen molar-refractivity contribution in [1.82, 2.24) is 4.90 Å². The van der Waals surface area contributed by atoms with Gasteiger partial charge in [0.25, 0.3) is 11.8 Å². The lowest BCUT2D eigenvalue weighted by molar-refractivity contribution is 0.00710. The van der Waals surface area contributed by atoms with Crippen LogP contribution in [0.2, 0.25) is 0 Å². The zero-order valence-corrected chi connectivity index (χ0v) is 15.0. The van der Waals surface area contributed by atoms with Gasteiger partial charge in [-0.15, -0.1) is 11.3 Å². The van der Waals surface area contributed by atoms with Crippen molar-refractivity contribution in [2.45, 2.75) is 32.9 Å². The summed E-state index contributed by atoms with van der Waals surface area (Å²) in [6, 6.07) is 8.28. The summed E-state index contributed by atoms with van der Waals surface area (Å²) in [4.78, 5) is 38.8. The van der Waals surface area contributed by atoms with Crippen LogP contribution in [0.3, 0.4) is 0 Å². The van der Waals surface area contributed by atoms with Crippen LogP contribution in [0.4, 0.5) is 5.00 Å². The van der Waals surface area contributed by atoms with Crippen LogP contribution in [0.25, 0.3) is 0 Å². The molecule has 2 heterocycles. The second-order valence-electron chi connectivity index (χ2n) is 6.73. The van der Waals surface area contributed by atoms with E-state index >= 15 is 0 Å². The molecule has 0 aliphatic carbocycles. The van der Waals surface area contributed by atoms with E-state index in [9.17, 15) is 14.4 Å². The molecule has 0 atom stereocenters. The Morgan fingerprint density at radius 3 is 2.24 bits per heavy atom. The lowest BCUT2D eigenvalue weighted by atomic mass is 10.1. The lowest BCUT2D eigenvalue weighted by Gasteiger charge is -2.19. The lowest BCUT2D eigenvalue weighted by Crippen LogP contribution is -2.28. The zero-order valence-electron chi connectivity index (χ0n) is 14.2. The average Bonchev–Trinajstić information content (AvgIpc) is 3.00. The topological polar surface area (TPSA) is 89.7 Å². The summed E-state index contributed by atoms with van der Waals surface area (Å²) in [6.07, 6.45) is 0. The number of hydrogen-bond acceptors (Lipinski definition) is 6. The first-order chi connectivity index (χ1) is 11.7. The standard InChI is InChI=1S/C18H18N2O4S/c1-18(2,3)24-17(23)13-8-10(25-14(13)19)9-20-15(21)11-6-4-5-7-12(11)16(20)22/h4-8H,9,19H2,1-3H3. The molecule has 1 aromatic carbocycles. The van der Waals surface area contributed by atoms with E-state index in [1.54, 1.807) is 51.1 Å². The molecular weight excluding hydrogens is 340 g/mol. The third-order valence-corrected chi connectivity index (χ3v) is 4.57. The number of carbonyl (C=O) groups is 3. The molecule has 1 aromatic heterocycles. The summed E-state index contributed by atoms with van der Waals surface area (Å²) >= 11 is 1.17. The number of fused-ring (bicyclic) bond motifs is 1. The fourth-order valence-electron chi connectivity index (χ4n) is 2.57. The second-order valence-corrected chi connectivity index (χ2v) is 7.90. The number of carbonyl (C=O) groups excluding carboxylic acids is 3. The highest BCUT2D eigenvalue weighted by Crippen LogP contribution is 2.31. The van der Waals surface area contributed by atoms with Crippen molar-refractivity contribution in [3.05, 3.63) is 51.9 Å². The highest BCUT2D eigenvalue weighted by molar-refractivity contribution is 7.16. The minimum Gasteiger partial charge on any atom is -0.456 e. The fraction of sp³-hybridized carbons (Fsp3) is 0.278. The molecule has 2 N–H and O–H groups in total. The van der Waals surface area contributed by atoms with E-state index in [0.29, 0.717) is 21.0 Å². The van der Waals surface area contributed by atoms with Gasteiger partial charge in [0.15, 0.2) is 0 Å². The Morgan fingerprint density at radius 1 is 1.16 bits per heavy atom. The number of benzene rings is 1. The molecule has 0 saturated heterocycles. The van der Waals surface area contributed by atoms with Gasteiger partial charge in [0.1, 0.15) is 10.6 Å². The van der Waals surface area contributed by atoms with E-state index in [1.165, 1.54) is 11.3 Å². The fourth-order valence-corrected chi connectivity index (χ4v) is 3.47. The number of ether oxygens (including phenoxy) is 1. The third kappa shape index (κ3) is 3.28. The number of rotatable bonds is 3. The quantitative estimate of drug-likeness (QED) is 0.673. The number of thiophene rings is 1. The SMILES string of the molecule is CC(C)(C)OC(=O)c1cc(CN2C(=O)c3ccccc3C2=O)sc1N. The van der Waals surface area contributed by atoms with Gasteiger partial charge in [-0.1, -0.05) is 12.1 Å². The Kier molecular flexibility index (Phi) is 4.12. The summed E-state index contributed by atoms with van der Waals surface area (Å²) < 4.78 is 5.32. The minimum atomic E-state index is -0.631.